The highest BCUT2D eigenvalue weighted by atomic mass is 35.5. The number of benzene rings is 2. The molecule has 0 aliphatic carbocycles. The van der Waals surface area contributed by atoms with Crippen LogP contribution in [0.25, 0.3) is 10.9 Å². The summed E-state index contributed by atoms with van der Waals surface area (Å²) in [6, 6.07) is 11.2. The SMILES string of the molecule is O=C([O-])c1cc(Cl)c(Cl)cc1C(=O)O.Oc1cccc2ccc[nH+]c12. The van der Waals surface area contributed by atoms with Crippen LogP contribution in [0.5, 0.6) is 5.75 Å². The Hall–Kier alpha value is -2.83. The van der Waals surface area contributed by atoms with E-state index >= 15 is 0 Å². The van der Waals surface area contributed by atoms with Gasteiger partial charge in [0.05, 0.1) is 27.0 Å². The van der Waals surface area contributed by atoms with Crippen LogP contribution in [0.4, 0.5) is 0 Å². The van der Waals surface area contributed by atoms with E-state index in [4.69, 9.17) is 28.3 Å². The molecule has 0 aliphatic heterocycles. The van der Waals surface area contributed by atoms with Gasteiger partial charge >= 0.3 is 5.97 Å². The molecule has 8 heteroatoms. The summed E-state index contributed by atoms with van der Waals surface area (Å²) in [5.41, 5.74) is -0.152. The van der Waals surface area contributed by atoms with E-state index in [0.717, 1.165) is 23.0 Å². The molecule has 2 aromatic carbocycles. The lowest BCUT2D eigenvalue weighted by Crippen LogP contribution is -2.25. The molecule has 1 heterocycles. The highest BCUT2D eigenvalue weighted by Gasteiger charge is 2.13. The number of aromatic carboxylic acids is 2. The Bertz CT molecular complexity index is 915. The first kappa shape index (κ1) is 18.5. The molecule has 0 saturated heterocycles. The van der Waals surface area contributed by atoms with Crippen molar-refractivity contribution in [1.29, 1.82) is 0 Å². The van der Waals surface area contributed by atoms with Crippen molar-refractivity contribution < 1.29 is 29.9 Å². The van der Waals surface area contributed by atoms with Crippen molar-refractivity contribution >= 4 is 46.0 Å². The Morgan fingerprint density at radius 2 is 1.60 bits per heavy atom. The van der Waals surface area contributed by atoms with Gasteiger partial charge in [-0.3, -0.25) is 0 Å². The molecule has 25 heavy (non-hydrogen) atoms. The zero-order valence-electron chi connectivity index (χ0n) is 12.5. The number of phenols is 1. The van der Waals surface area contributed by atoms with Gasteiger partial charge in [0.2, 0.25) is 0 Å². The number of fused-ring (bicyclic) bond motifs is 1. The predicted molar refractivity (Wildman–Crippen MR) is 89.9 cm³/mol. The Morgan fingerprint density at radius 3 is 2.16 bits per heavy atom. The molecule has 0 amide bonds. The molecule has 3 aromatic rings. The van der Waals surface area contributed by atoms with E-state index < -0.39 is 23.1 Å². The van der Waals surface area contributed by atoms with Gasteiger partial charge in [-0.05, 0) is 30.3 Å². The predicted octanol–water partition coefficient (Wildman–Crippen LogP) is 2.41. The summed E-state index contributed by atoms with van der Waals surface area (Å²) in [6.07, 6.45) is 1.79. The standard InChI is InChI=1S/C9H7NO.C8H4Cl2O4/c11-8-5-1-3-7-4-2-6-10-9(7)8;9-5-1-3(7(11)12)4(8(13)14)2-6(5)10/h1-6,11H;1-2H,(H,11,12)(H,13,14). The second kappa shape index (κ2) is 7.83. The average molecular weight is 380 g/mol. The lowest BCUT2D eigenvalue weighted by atomic mass is 10.1. The summed E-state index contributed by atoms with van der Waals surface area (Å²) < 4.78 is 0. The number of para-hydroxylation sites is 1. The van der Waals surface area contributed by atoms with Crippen LogP contribution in [-0.2, 0) is 0 Å². The van der Waals surface area contributed by atoms with Crippen molar-refractivity contribution in [2.45, 2.75) is 0 Å². The largest absolute Gasteiger partial charge is 0.545 e. The average Bonchev–Trinajstić information content (AvgIpc) is 2.57. The van der Waals surface area contributed by atoms with Gasteiger partial charge in [-0.25, -0.2) is 9.78 Å². The van der Waals surface area contributed by atoms with Crippen LogP contribution in [0.15, 0.2) is 48.7 Å². The van der Waals surface area contributed by atoms with E-state index in [1.165, 1.54) is 0 Å². The molecule has 0 radical (unpaired) electrons. The molecule has 3 N–H and O–H groups in total. The number of carboxylic acids is 2. The van der Waals surface area contributed by atoms with Gasteiger partial charge in [-0.15, -0.1) is 0 Å². The minimum absolute atomic E-state index is 0.0194. The Kier molecular flexibility index (Phi) is 5.80. The first-order chi connectivity index (χ1) is 11.8. The van der Waals surface area contributed by atoms with Crippen LogP contribution < -0.4 is 10.1 Å². The van der Waals surface area contributed by atoms with Crippen LogP contribution >= 0.6 is 23.2 Å². The molecule has 0 fully saturated rings. The number of hydrogen-bond donors (Lipinski definition) is 2. The number of H-pyrrole nitrogens is 1. The van der Waals surface area contributed by atoms with Crippen LogP contribution in [0.3, 0.4) is 0 Å². The number of nitrogens with one attached hydrogen (secondary N) is 1. The number of rotatable bonds is 2. The van der Waals surface area contributed by atoms with E-state index in [1.807, 2.05) is 24.3 Å². The normalized spacial score (nSPS) is 10.0. The second-order valence-corrected chi connectivity index (χ2v) is 5.63. The van der Waals surface area contributed by atoms with Crippen LogP contribution in [0.1, 0.15) is 20.7 Å². The summed E-state index contributed by atoms with van der Waals surface area (Å²) in [4.78, 5) is 24.1. The fourth-order valence-corrected chi connectivity index (χ4v) is 2.36. The monoisotopic (exact) mass is 379 g/mol. The van der Waals surface area contributed by atoms with E-state index in [9.17, 15) is 19.8 Å². The van der Waals surface area contributed by atoms with Gasteiger partial charge in [0.25, 0.3) is 5.52 Å². The van der Waals surface area contributed by atoms with E-state index in [-0.39, 0.29) is 10.0 Å². The van der Waals surface area contributed by atoms with Crippen molar-refractivity contribution in [2.75, 3.05) is 0 Å². The fourth-order valence-electron chi connectivity index (χ4n) is 2.03. The topological polar surface area (TPSA) is 112 Å². The highest BCUT2D eigenvalue weighted by molar-refractivity contribution is 6.42. The summed E-state index contributed by atoms with van der Waals surface area (Å²) in [6.45, 7) is 0. The second-order valence-electron chi connectivity index (χ2n) is 4.82. The Labute approximate surface area is 151 Å². The lowest BCUT2D eigenvalue weighted by Gasteiger charge is -2.08. The van der Waals surface area contributed by atoms with Gasteiger partial charge in [0.1, 0.15) is 0 Å². The van der Waals surface area contributed by atoms with Crippen molar-refractivity contribution in [1.82, 2.24) is 0 Å². The number of carbonyl (C=O) groups excluding carboxylic acids is 1. The number of carbonyl (C=O) groups is 2. The number of aromatic amines is 1. The maximum atomic E-state index is 10.6. The van der Waals surface area contributed by atoms with Crippen molar-refractivity contribution in [2.24, 2.45) is 0 Å². The molecule has 0 atom stereocenters. The van der Waals surface area contributed by atoms with Gasteiger partial charge in [0, 0.05) is 11.6 Å². The molecular weight excluding hydrogens is 369 g/mol. The minimum Gasteiger partial charge on any atom is -0.545 e. The van der Waals surface area contributed by atoms with Crippen LogP contribution in [0.2, 0.25) is 10.0 Å². The Balaban J connectivity index is 0.000000185. The van der Waals surface area contributed by atoms with Gasteiger partial charge < -0.3 is 20.1 Å². The zero-order valence-corrected chi connectivity index (χ0v) is 14.0. The lowest BCUT2D eigenvalue weighted by molar-refractivity contribution is -0.345. The third-order valence-electron chi connectivity index (χ3n) is 3.19. The first-order valence-corrected chi connectivity index (χ1v) is 7.59. The molecule has 3 rings (SSSR count). The van der Waals surface area contributed by atoms with E-state index in [1.54, 1.807) is 12.3 Å². The maximum Gasteiger partial charge on any atom is 0.336 e. The fraction of sp³-hybridized carbons (Fsp3) is 0. The molecule has 0 aliphatic rings. The van der Waals surface area contributed by atoms with Crippen molar-refractivity contribution in [3.05, 3.63) is 69.8 Å². The molecule has 0 saturated carbocycles. The molecule has 128 valence electrons. The number of carboxylic acid groups (broad SMARTS) is 2. The number of hydrogen-bond acceptors (Lipinski definition) is 4. The third kappa shape index (κ3) is 4.37. The Morgan fingerprint density at radius 1 is 1.00 bits per heavy atom. The number of phenolic OH excluding ortho intramolecular Hbond substituents is 1. The smallest absolute Gasteiger partial charge is 0.336 e. The quantitative estimate of drug-likeness (QED) is 0.709. The third-order valence-corrected chi connectivity index (χ3v) is 3.91. The summed E-state index contributed by atoms with van der Waals surface area (Å²) in [5.74, 6) is -2.72. The molecule has 1 aromatic heterocycles. The summed E-state index contributed by atoms with van der Waals surface area (Å²) in [5, 5.41) is 29.5. The van der Waals surface area contributed by atoms with Gasteiger partial charge in [0.15, 0.2) is 11.9 Å². The number of aromatic hydroxyl groups is 1. The van der Waals surface area contributed by atoms with Crippen molar-refractivity contribution in [3.8, 4) is 5.75 Å². The number of aromatic nitrogens is 1. The molecule has 6 nitrogen and oxygen atoms in total. The van der Waals surface area contributed by atoms with E-state index in [0.29, 0.717) is 5.75 Å². The van der Waals surface area contributed by atoms with Crippen molar-refractivity contribution in [3.63, 3.8) is 0 Å². The summed E-state index contributed by atoms with van der Waals surface area (Å²) >= 11 is 11.0. The number of halogens is 2. The van der Waals surface area contributed by atoms with Crippen LogP contribution in [-0.4, -0.2) is 22.2 Å². The maximum absolute atomic E-state index is 10.6. The van der Waals surface area contributed by atoms with Gasteiger partial charge in [-0.2, -0.15) is 0 Å². The molecule has 0 bridgehead atoms. The molecule has 0 unspecified atom stereocenters. The number of pyridine rings is 1. The van der Waals surface area contributed by atoms with Gasteiger partial charge in [-0.1, -0.05) is 29.3 Å². The summed E-state index contributed by atoms with van der Waals surface area (Å²) in [7, 11) is 0. The molecule has 0 spiro atoms. The minimum atomic E-state index is -1.61. The van der Waals surface area contributed by atoms with E-state index in [2.05, 4.69) is 4.98 Å². The zero-order chi connectivity index (χ0) is 18.6. The first-order valence-electron chi connectivity index (χ1n) is 6.83. The molecular formula is C17H11Cl2NO5. The van der Waals surface area contributed by atoms with Crippen LogP contribution in [0, 0.1) is 0 Å². The highest BCUT2D eigenvalue weighted by Crippen LogP contribution is 2.25.